The Hall–Kier alpha value is -1.96. The normalized spacial score (nSPS) is 16.6. The number of methoxy groups -OCH3 is 2. The largest absolute Gasteiger partial charge is 0.493 e. The summed E-state index contributed by atoms with van der Waals surface area (Å²) < 4.78 is 51.0. The third-order valence-corrected chi connectivity index (χ3v) is 5.21. The van der Waals surface area contributed by atoms with Crippen molar-refractivity contribution in [2.24, 2.45) is 0 Å². The lowest BCUT2D eigenvalue weighted by Crippen LogP contribution is -2.45. The number of halogens is 4. The highest BCUT2D eigenvalue weighted by atomic mass is 35.5. The molecule has 0 aromatic heterocycles. The quantitative estimate of drug-likeness (QED) is 0.787. The first-order valence-corrected chi connectivity index (χ1v) is 9.27. The standard InChI is InChI=1S/C20H22ClF3N2O2/c1-27-17-5-3-4-14(19(17)28-2)18(26-10-8-25-9-11-26)15-12-13(20(22,23)24)6-7-16(15)21/h3-7,12,18,25H,8-11H2,1-2H3. The van der Waals surface area contributed by atoms with E-state index in [2.05, 4.69) is 10.2 Å². The van der Waals surface area contributed by atoms with Gasteiger partial charge >= 0.3 is 6.18 Å². The van der Waals surface area contributed by atoms with Gasteiger partial charge in [-0.1, -0.05) is 23.7 Å². The van der Waals surface area contributed by atoms with Crippen molar-refractivity contribution < 1.29 is 22.6 Å². The van der Waals surface area contributed by atoms with Crippen molar-refractivity contribution in [3.63, 3.8) is 0 Å². The van der Waals surface area contributed by atoms with Crippen LogP contribution < -0.4 is 14.8 Å². The molecule has 152 valence electrons. The number of hydrogen-bond donors (Lipinski definition) is 1. The lowest BCUT2D eigenvalue weighted by Gasteiger charge is -2.36. The number of ether oxygens (including phenoxy) is 2. The van der Waals surface area contributed by atoms with Gasteiger partial charge in [0.1, 0.15) is 0 Å². The molecule has 4 nitrogen and oxygen atoms in total. The Morgan fingerprint density at radius 2 is 1.75 bits per heavy atom. The molecular formula is C20H22ClF3N2O2. The van der Waals surface area contributed by atoms with E-state index in [9.17, 15) is 13.2 Å². The maximum absolute atomic E-state index is 13.4. The first kappa shape index (κ1) is 20.8. The van der Waals surface area contributed by atoms with Crippen molar-refractivity contribution in [3.05, 3.63) is 58.1 Å². The van der Waals surface area contributed by atoms with E-state index < -0.39 is 17.8 Å². The minimum Gasteiger partial charge on any atom is -0.493 e. The van der Waals surface area contributed by atoms with Crippen molar-refractivity contribution in [2.45, 2.75) is 12.2 Å². The zero-order chi connectivity index (χ0) is 20.3. The van der Waals surface area contributed by atoms with E-state index in [1.807, 2.05) is 6.07 Å². The summed E-state index contributed by atoms with van der Waals surface area (Å²) >= 11 is 6.40. The molecule has 1 aliphatic heterocycles. The maximum atomic E-state index is 13.4. The van der Waals surface area contributed by atoms with Gasteiger partial charge in [0.05, 0.1) is 25.8 Å². The summed E-state index contributed by atoms with van der Waals surface area (Å²) in [5.74, 6) is 1.00. The molecule has 0 saturated carbocycles. The summed E-state index contributed by atoms with van der Waals surface area (Å²) in [6, 6.07) is 8.34. The summed E-state index contributed by atoms with van der Waals surface area (Å²) in [5, 5.41) is 3.54. The lowest BCUT2D eigenvalue weighted by atomic mass is 9.93. The minimum atomic E-state index is -4.45. The van der Waals surface area contributed by atoms with E-state index in [1.54, 1.807) is 12.1 Å². The second-order valence-corrected chi connectivity index (χ2v) is 6.91. The Morgan fingerprint density at radius 3 is 2.36 bits per heavy atom. The Bertz CT molecular complexity index is 824. The highest BCUT2D eigenvalue weighted by Gasteiger charge is 2.34. The summed E-state index contributed by atoms with van der Waals surface area (Å²) in [6.45, 7) is 2.80. The molecule has 1 heterocycles. The lowest BCUT2D eigenvalue weighted by molar-refractivity contribution is -0.137. The van der Waals surface area contributed by atoms with Crippen molar-refractivity contribution in [1.82, 2.24) is 10.2 Å². The zero-order valence-electron chi connectivity index (χ0n) is 15.6. The number of nitrogens with zero attached hydrogens (tertiary/aromatic N) is 1. The maximum Gasteiger partial charge on any atom is 0.416 e. The average molecular weight is 415 g/mol. The molecule has 0 radical (unpaired) electrons. The second kappa shape index (κ2) is 8.59. The summed E-state index contributed by atoms with van der Waals surface area (Å²) in [4.78, 5) is 2.11. The Morgan fingerprint density at radius 1 is 1.04 bits per heavy atom. The molecular weight excluding hydrogens is 393 g/mol. The van der Waals surface area contributed by atoms with Gasteiger partial charge in [-0.2, -0.15) is 13.2 Å². The Kier molecular flexibility index (Phi) is 6.37. The first-order valence-electron chi connectivity index (χ1n) is 8.89. The van der Waals surface area contributed by atoms with E-state index in [4.69, 9.17) is 21.1 Å². The molecule has 1 saturated heterocycles. The fraction of sp³-hybridized carbons (Fsp3) is 0.400. The molecule has 1 fully saturated rings. The molecule has 1 aliphatic rings. The smallest absolute Gasteiger partial charge is 0.416 e. The Labute approximate surface area is 167 Å². The fourth-order valence-corrected chi connectivity index (χ4v) is 3.78. The third-order valence-electron chi connectivity index (χ3n) is 4.86. The molecule has 8 heteroatoms. The van der Waals surface area contributed by atoms with Gasteiger partial charge in [0, 0.05) is 36.8 Å². The van der Waals surface area contributed by atoms with E-state index in [1.165, 1.54) is 20.3 Å². The SMILES string of the molecule is COc1cccc(C(c2cc(C(F)(F)F)ccc2Cl)N2CCNCC2)c1OC. The van der Waals surface area contributed by atoms with E-state index in [0.717, 1.165) is 25.2 Å². The number of para-hydroxylation sites is 1. The molecule has 3 rings (SSSR count). The van der Waals surface area contributed by atoms with Crippen LogP contribution in [0.2, 0.25) is 5.02 Å². The number of hydrogen-bond acceptors (Lipinski definition) is 4. The molecule has 0 amide bonds. The molecule has 28 heavy (non-hydrogen) atoms. The highest BCUT2D eigenvalue weighted by molar-refractivity contribution is 6.31. The summed E-state index contributed by atoms with van der Waals surface area (Å²) in [7, 11) is 3.04. The van der Waals surface area contributed by atoms with Crippen LogP contribution in [0.15, 0.2) is 36.4 Å². The molecule has 2 aromatic carbocycles. The van der Waals surface area contributed by atoms with E-state index in [0.29, 0.717) is 35.7 Å². The number of alkyl halides is 3. The monoisotopic (exact) mass is 414 g/mol. The number of rotatable bonds is 5. The number of piperazine rings is 1. The van der Waals surface area contributed by atoms with Crippen molar-refractivity contribution >= 4 is 11.6 Å². The van der Waals surface area contributed by atoms with Gasteiger partial charge in [-0.3, -0.25) is 4.90 Å². The van der Waals surface area contributed by atoms with Crippen LogP contribution in [0.3, 0.4) is 0 Å². The van der Waals surface area contributed by atoms with Crippen LogP contribution in [-0.2, 0) is 6.18 Å². The third kappa shape index (κ3) is 4.21. The predicted octanol–water partition coefficient (Wildman–Crippen LogP) is 4.37. The second-order valence-electron chi connectivity index (χ2n) is 6.51. The van der Waals surface area contributed by atoms with Crippen LogP contribution in [0, 0.1) is 0 Å². The molecule has 1 unspecified atom stereocenters. The fourth-order valence-electron chi connectivity index (χ4n) is 3.56. The van der Waals surface area contributed by atoms with Gasteiger partial charge in [-0.15, -0.1) is 0 Å². The van der Waals surface area contributed by atoms with E-state index in [-0.39, 0.29) is 5.02 Å². The van der Waals surface area contributed by atoms with Crippen molar-refractivity contribution in [3.8, 4) is 11.5 Å². The van der Waals surface area contributed by atoms with Crippen LogP contribution in [0.4, 0.5) is 13.2 Å². The van der Waals surface area contributed by atoms with Crippen LogP contribution in [0.25, 0.3) is 0 Å². The minimum absolute atomic E-state index is 0.279. The first-order chi connectivity index (χ1) is 13.4. The van der Waals surface area contributed by atoms with Crippen molar-refractivity contribution in [1.29, 1.82) is 0 Å². The van der Waals surface area contributed by atoms with Crippen LogP contribution in [-0.4, -0.2) is 45.3 Å². The van der Waals surface area contributed by atoms with E-state index >= 15 is 0 Å². The number of benzene rings is 2. The summed E-state index contributed by atoms with van der Waals surface area (Å²) in [5.41, 5.74) is 0.379. The summed E-state index contributed by atoms with van der Waals surface area (Å²) in [6.07, 6.45) is -4.45. The predicted molar refractivity (Wildman–Crippen MR) is 102 cm³/mol. The molecule has 2 aromatic rings. The molecule has 1 atom stereocenters. The van der Waals surface area contributed by atoms with Gasteiger partial charge in [0.2, 0.25) is 0 Å². The van der Waals surface area contributed by atoms with Crippen LogP contribution in [0.5, 0.6) is 11.5 Å². The average Bonchev–Trinajstić information content (AvgIpc) is 2.69. The van der Waals surface area contributed by atoms with Crippen LogP contribution >= 0.6 is 11.6 Å². The Balaban J connectivity index is 2.20. The van der Waals surface area contributed by atoms with Gasteiger partial charge in [-0.05, 0) is 29.8 Å². The van der Waals surface area contributed by atoms with Crippen LogP contribution in [0.1, 0.15) is 22.7 Å². The molecule has 1 N–H and O–H groups in total. The van der Waals surface area contributed by atoms with Gasteiger partial charge in [0.25, 0.3) is 0 Å². The van der Waals surface area contributed by atoms with Gasteiger partial charge in [-0.25, -0.2) is 0 Å². The zero-order valence-corrected chi connectivity index (χ0v) is 16.4. The molecule has 0 bridgehead atoms. The van der Waals surface area contributed by atoms with Gasteiger partial charge in [0.15, 0.2) is 11.5 Å². The highest BCUT2D eigenvalue weighted by Crippen LogP contribution is 2.43. The number of nitrogens with one attached hydrogen (secondary N) is 1. The van der Waals surface area contributed by atoms with Gasteiger partial charge < -0.3 is 14.8 Å². The molecule has 0 aliphatic carbocycles. The molecule has 0 spiro atoms. The van der Waals surface area contributed by atoms with Crippen molar-refractivity contribution in [2.75, 3.05) is 40.4 Å². The topological polar surface area (TPSA) is 33.7 Å².